The Kier molecular flexibility index (Phi) is 4.63. The van der Waals surface area contributed by atoms with Crippen molar-refractivity contribution in [3.63, 3.8) is 0 Å². The van der Waals surface area contributed by atoms with Crippen LogP contribution >= 0.6 is 0 Å². The van der Waals surface area contributed by atoms with E-state index in [1.807, 2.05) is 24.3 Å². The third-order valence-corrected chi connectivity index (χ3v) is 4.72. The average molecular weight is 394 g/mol. The molecule has 3 aromatic rings. The molecular weight excluding hydrogens is 376 g/mol. The fraction of sp³-hybridized carbons (Fsp3) is 0.200. The summed E-state index contributed by atoms with van der Waals surface area (Å²) in [4.78, 5) is 41.5. The van der Waals surface area contributed by atoms with Gasteiger partial charge in [-0.1, -0.05) is 12.1 Å². The maximum atomic E-state index is 13.1. The summed E-state index contributed by atoms with van der Waals surface area (Å²) in [5.41, 5.74) is 1.97. The highest BCUT2D eigenvalue weighted by atomic mass is 16.5. The highest BCUT2D eigenvalue weighted by molar-refractivity contribution is 6.04. The number of methoxy groups -OCH3 is 2. The van der Waals surface area contributed by atoms with Gasteiger partial charge in [0.05, 0.1) is 42.9 Å². The van der Waals surface area contributed by atoms with Crippen molar-refractivity contribution in [1.82, 2.24) is 9.55 Å². The van der Waals surface area contributed by atoms with Gasteiger partial charge in [0.2, 0.25) is 17.8 Å². The first-order valence-corrected chi connectivity index (χ1v) is 8.86. The summed E-state index contributed by atoms with van der Waals surface area (Å²) in [7, 11) is 2.73. The third kappa shape index (κ3) is 3.27. The van der Waals surface area contributed by atoms with E-state index in [4.69, 9.17) is 9.47 Å². The predicted molar refractivity (Wildman–Crippen MR) is 105 cm³/mol. The summed E-state index contributed by atoms with van der Waals surface area (Å²) in [6.45, 7) is 0. The van der Waals surface area contributed by atoms with E-state index in [0.29, 0.717) is 22.9 Å². The second-order valence-electron chi connectivity index (χ2n) is 6.46. The summed E-state index contributed by atoms with van der Waals surface area (Å²) in [5.74, 6) is -0.573. The number of ether oxygens (including phenoxy) is 2. The van der Waals surface area contributed by atoms with Gasteiger partial charge in [0.15, 0.2) is 0 Å². The van der Waals surface area contributed by atoms with Gasteiger partial charge < -0.3 is 14.8 Å². The Balaban J connectivity index is 1.71. The van der Waals surface area contributed by atoms with E-state index in [1.54, 1.807) is 10.6 Å². The van der Waals surface area contributed by atoms with Crippen LogP contribution < -0.4 is 15.4 Å². The summed E-state index contributed by atoms with van der Waals surface area (Å²) in [5, 5.41) is 5.47. The number of benzene rings is 2. The number of imidazole rings is 1. The van der Waals surface area contributed by atoms with Crippen molar-refractivity contribution in [1.29, 1.82) is 0 Å². The van der Waals surface area contributed by atoms with E-state index < -0.39 is 17.9 Å². The number of hydrogen-bond acceptors (Lipinski definition) is 6. The zero-order chi connectivity index (χ0) is 20.5. The summed E-state index contributed by atoms with van der Waals surface area (Å²) < 4.78 is 11.7. The van der Waals surface area contributed by atoms with Crippen molar-refractivity contribution < 1.29 is 23.9 Å². The molecule has 0 fully saturated rings. The second-order valence-corrected chi connectivity index (χ2v) is 6.46. The molecule has 0 saturated heterocycles. The molecule has 1 aromatic heterocycles. The van der Waals surface area contributed by atoms with E-state index in [2.05, 4.69) is 15.6 Å². The lowest BCUT2D eigenvalue weighted by atomic mass is 10.1. The molecule has 29 heavy (non-hydrogen) atoms. The number of nitrogens with zero attached hydrogens (tertiary/aromatic N) is 2. The van der Waals surface area contributed by atoms with Crippen molar-refractivity contribution in [2.24, 2.45) is 0 Å². The molecule has 0 spiro atoms. The minimum absolute atomic E-state index is 0.0435. The average Bonchev–Trinajstić information content (AvgIpc) is 3.10. The van der Waals surface area contributed by atoms with Crippen LogP contribution in [0.3, 0.4) is 0 Å². The van der Waals surface area contributed by atoms with Crippen LogP contribution in [-0.2, 0) is 14.3 Å². The van der Waals surface area contributed by atoms with Gasteiger partial charge in [-0.15, -0.1) is 0 Å². The first-order chi connectivity index (χ1) is 14.0. The minimum atomic E-state index is -0.808. The van der Waals surface area contributed by atoms with Gasteiger partial charge in [0, 0.05) is 0 Å². The summed E-state index contributed by atoms with van der Waals surface area (Å²) in [6.07, 6.45) is -0.0435. The molecule has 9 heteroatoms. The molecule has 0 saturated carbocycles. The number of amides is 2. The number of carbonyl (C=O) groups excluding carboxylic acids is 3. The molecule has 2 heterocycles. The molecule has 2 aromatic carbocycles. The number of anilines is 2. The molecule has 1 aliphatic heterocycles. The quantitative estimate of drug-likeness (QED) is 0.657. The Bertz CT molecular complexity index is 1140. The monoisotopic (exact) mass is 394 g/mol. The highest BCUT2D eigenvalue weighted by Crippen LogP contribution is 2.32. The summed E-state index contributed by atoms with van der Waals surface area (Å²) >= 11 is 0. The molecule has 148 valence electrons. The Morgan fingerprint density at radius 2 is 2.00 bits per heavy atom. The van der Waals surface area contributed by atoms with Gasteiger partial charge in [-0.3, -0.25) is 19.5 Å². The second kappa shape index (κ2) is 7.27. The molecule has 9 nitrogen and oxygen atoms in total. The molecular formula is C20H18N4O5. The van der Waals surface area contributed by atoms with Crippen molar-refractivity contribution in [2.75, 3.05) is 24.9 Å². The Morgan fingerprint density at radius 1 is 1.21 bits per heavy atom. The number of nitrogens with one attached hydrogen (secondary N) is 2. The van der Waals surface area contributed by atoms with Crippen molar-refractivity contribution in [3.05, 3.63) is 48.0 Å². The van der Waals surface area contributed by atoms with Crippen LogP contribution in [-0.4, -0.2) is 41.6 Å². The normalized spacial score (nSPS) is 15.4. The lowest BCUT2D eigenvalue weighted by Gasteiger charge is -2.25. The van der Waals surface area contributed by atoms with E-state index in [1.165, 1.54) is 26.4 Å². The van der Waals surface area contributed by atoms with Crippen LogP contribution in [0.5, 0.6) is 5.75 Å². The largest absolute Gasteiger partial charge is 0.495 e. The molecule has 0 bridgehead atoms. The molecule has 0 unspecified atom stereocenters. The Labute approximate surface area is 165 Å². The smallest absolute Gasteiger partial charge is 0.337 e. The van der Waals surface area contributed by atoms with E-state index in [-0.39, 0.29) is 17.9 Å². The first kappa shape index (κ1) is 18.5. The van der Waals surface area contributed by atoms with Crippen molar-refractivity contribution in [2.45, 2.75) is 12.5 Å². The molecule has 1 aliphatic rings. The van der Waals surface area contributed by atoms with E-state index >= 15 is 0 Å². The lowest BCUT2D eigenvalue weighted by Crippen LogP contribution is -2.35. The minimum Gasteiger partial charge on any atom is -0.495 e. The van der Waals surface area contributed by atoms with Crippen molar-refractivity contribution >= 4 is 40.5 Å². The standard InChI is InChI=1S/C20H18N4O5/c1-28-16-8-7-11(19(27)29-2)9-13(16)21-18(26)15-10-17(25)23-20-22-12-5-3-4-6-14(12)24(15)20/h3-9,15H,10H2,1-2H3,(H,21,26)(H,22,23,25)/t15-/m1/s1. The van der Waals surface area contributed by atoms with Gasteiger partial charge in [0.25, 0.3) is 0 Å². The number of carbonyl (C=O) groups is 3. The molecule has 1 atom stereocenters. The number of para-hydroxylation sites is 2. The van der Waals surface area contributed by atoms with Crippen LogP contribution in [0, 0.1) is 0 Å². The van der Waals surface area contributed by atoms with E-state index in [0.717, 1.165) is 5.52 Å². The van der Waals surface area contributed by atoms with Gasteiger partial charge >= 0.3 is 5.97 Å². The van der Waals surface area contributed by atoms with Crippen LogP contribution in [0.1, 0.15) is 22.8 Å². The number of esters is 1. The van der Waals surface area contributed by atoms with Gasteiger partial charge in [0.1, 0.15) is 11.8 Å². The zero-order valence-corrected chi connectivity index (χ0v) is 15.8. The highest BCUT2D eigenvalue weighted by Gasteiger charge is 2.33. The van der Waals surface area contributed by atoms with Crippen LogP contribution in [0.2, 0.25) is 0 Å². The Morgan fingerprint density at radius 3 is 2.76 bits per heavy atom. The maximum absolute atomic E-state index is 13.1. The molecule has 4 rings (SSSR count). The number of hydrogen-bond donors (Lipinski definition) is 2. The van der Waals surface area contributed by atoms with Gasteiger partial charge in [-0.25, -0.2) is 9.78 Å². The molecule has 2 N–H and O–H groups in total. The fourth-order valence-corrected chi connectivity index (χ4v) is 3.37. The number of rotatable bonds is 4. The van der Waals surface area contributed by atoms with Crippen LogP contribution in [0.15, 0.2) is 42.5 Å². The fourth-order valence-electron chi connectivity index (χ4n) is 3.37. The van der Waals surface area contributed by atoms with Crippen LogP contribution in [0.4, 0.5) is 11.6 Å². The lowest BCUT2D eigenvalue weighted by molar-refractivity contribution is -0.124. The maximum Gasteiger partial charge on any atom is 0.337 e. The molecule has 0 radical (unpaired) electrons. The number of aromatic nitrogens is 2. The number of fused-ring (bicyclic) bond motifs is 3. The van der Waals surface area contributed by atoms with E-state index in [9.17, 15) is 14.4 Å². The Hall–Kier alpha value is -3.88. The third-order valence-electron chi connectivity index (χ3n) is 4.72. The summed E-state index contributed by atoms with van der Waals surface area (Å²) in [6, 6.07) is 11.1. The zero-order valence-electron chi connectivity index (χ0n) is 15.8. The van der Waals surface area contributed by atoms with Crippen LogP contribution in [0.25, 0.3) is 11.0 Å². The SMILES string of the molecule is COC(=O)c1ccc(OC)c(NC(=O)[C@H]2CC(=O)Nc3nc4ccccc4n32)c1. The van der Waals surface area contributed by atoms with Crippen molar-refractivity contribution in [3.8, 4) is 5.75 Å². The topological polar surface area (TPSA) is 112 Å². The van der Waals surface area contributed by atoms with Gasteiger partial charge in [-0.05, 0) is 30.3 Å². The predicted octanol–water partition coefficient (Wildman–Crippen LogP) is 2.35. The first-order valence-electron chi connectivity index (χ1n) is 8.86. The molecule has 2 amide bonds. The van der Waals surface area contributed by atoms with Gasteiger partial charge in [-0.2, -0.15) is 0 Å². The molecule has 0 aliphatic carbocycles.